The van der Waals surface area contributed by atoms with Crippen LogP contribution in [-0.4, -0.2) is 26.4 Å². The van der Waals surface area contributed by atoms with E-state index in [9.17, 15) is 0 Å². The third-order valence-electron chi connectivity index (χ3n) is 6.14. The number of hydrogen-bond acceptors (Lipinski definition) is 12. The molecule has 4 atom stereocenters. The van der Waals surface area contributed by atoms with Gasteiger partial charge >= 0.3 is 31.7 Å². The zero-order chi connectivity index (χ0) is 33.8. The first-order chi connectivity index (χ1) is 23.4. The minimum absolute atomic E-state index is 0.221. The Balaban J connectivity index is 1.81. The quantitative estimate of drug-likeness (QED) is 0.0953. The van der Waals surface area contributed by atoms with Crippen LogP contribution in [0.4, 0.5) is 0 Å². The van der Waals surface area contributed by atoms with Crippen LogP contribution in [-0.2, 0) is 18.1 Å². The van der Waals surface area contributed by atoms with Crippen molar-refractivity contribution in [3.05, 3.63) is 121 Å². The van der Waals surface area contributed by atoms with Gasteiger partial charge in [0.05, 0.1) is 36.1 Å². The van der Waals surface area contributed by atoms with E-state index >= 15 is 0 Å². The van der Waals surface area contributed by atoms with Gasteiger partial charge in [-0.3, -0.25) is 18.1 Å². The van der Waals surface area contributed by atoms with Gasteiger partial charge in [-0.2, -0.15) is 13.6 Å². The maximum absolute atomic E-state index is 6.78. The van der Waals surface area contributed by atoms with Crippen molar-refractivity contribution in [3.63, 3.8) is 0 Å². The third-order valence-corrected chi connectivity index (χ3v) is 18.6. The fourth-order valence-electron chi connectivity index (χ4n) is 4.46. The molecule has 256 valence electrons. The van der Waals surface area contributed by atoms with Crippen LogP contribution in [0.3, 0.4) is 0 Å². The number of rotatable bonds is 16. The molecule has 4 aromatic carbocycles. The summed E-state index contributed by atoms with van der Waals surface area (Å²) in [5.74, 6) is 2.06. The average molecular weight is 736 g/mol. The van der Waals surface area contributed by atoms with Crippen LogP contribution in [0, 0.1) is 0 Å². The van der Waals surface area contributed by atoms with E-state index in [4.69, 9.17) is 40.7 Å². The molecular weight excluding hydrogens is 692 g/mol. The molecule has 16 heteroatoms. The fourth-order valence-corrected chi connectivity index (χ4v) is 18.3. The highest BCUT2D eigenvalue weighted by atomic mass is 31.3. The molecule has 0 fully saturated rings. The normalized spacial score (nSPS) is 25.6. The van der Waals surface area contributed by atoms with Crippen molar-refractivity contribution < 1.29 is 36.2 Å². The number of nitrogens with zero attached hydrogens (tertiary/aromatic N) is 1. The Labute approximate surface area is 284 Å². The van der Waals surface area contributed by atoms with Crippen molar-refractivity contribution in [2.24, 2.45) is 4.52 Å². The van der Waals surface area contributed by atoms with Crippen molar-refractivity contribution in [1.82, 2.24) is 14.6 Å². The zero-order valence-corrected chi connectivity index (χ0v) is 31.0. The van der Waals surface area contributed by atoms with Crippen LogP contribution in [0.25, 0.3) is 0 Å². The minimum Gasteiger partial charge on any atom is -0.423 e. The lowest BCUT2D eigenvalue weighted by Gasteiger charge is -2.34. The molecule has 12 nitrogen and oxygen atoms in total. The summed E-state index contributed by atoms with van der Waals surface area (Å²) in [7, 11) is -14.5. The molecule has 0 radical (unpaired) electrons. The standard InChI is InChI=1S/C32H43N4O8P4/c1-5-37-45(41-29-21-13-9-14-22-29)33-46(38-6-2,42-30-23-15-10-16-24-30)35-48(40-8-4,44-32-27-19-12-20-28-32)36-47(34-45,39-7-3)43-31-25-17-11-18-26-31/h9-28,33-35H,5-8H2,1-4H3/q+3. The van der Waals surface area contributed by atoms with Gasteiger partial charge in [-0.05, 0) is 81.1 Å². The monoisotopic (exact) mass is 735 g/mol. The summed E-state index contributed by atoms with van der Waals surface area (Å²) in [6.45, 7) is 8.38. The molecule has 0 aliphatic carbocycles. The second-order valence-electron chi connectivity index (χ2n) is 9.82. The fraction of sp³-hybridized carbons (Fsp3) is 0.250. The Morgan fingerprint density at radius 1 is 0.500 bits per heavy atom. The van der Waals surface area contributed by atoms with E-state index in [2.05, 4.69) is 14.6 Å². The van der Waals surface area contributed by atoms with E-state index in [-0.39, 0.29) is 26.4 Å². The minimum atomic E-state index is -3.66. The smallest absolute Gasteiger partial charge is 0.423 e. The van der Waals surface area contributed by atoms with Gasteiger partial charge < -0.3 is 4.52 Å². The molecule has 0 amide bonds. The van der Waals surface area contributed by atoms with Gasteiger partial charge in [0.1, 0.15) is 5.75 Å². The molecule has 4 unspecified atom stereocenters. The van der Waals surface area contributed by atoms with Gasteiger partial charge in [0.2, 0.25) is 0 Å². The third kappa shape index (κ3) is 9.72. The first-order valence-electron chi connectivity index (χ1n) is 15.6. The summed E-state index contributed by atoms with van der Waals surface area (Å²) in [5, 5.41) is 0. The largest absolute Gasteiger partial charge is 0.571 e. The van der Waals surface area contributed by atoms with Crippen LogP contribution in [0.2, 0.25) is 0 Å². The summed E-state index contributed by atoms with van der Waals surface area (Å²) in [4.78, 5) is 10.6. The topological polar surface area (TPSA) is 122 Å². The van der Waals surface area contributed by atoms with Crippen molar-refractivity contribution in [1.29, 1.82) is 0 Å². The van der Waals surface area contributed by atoms with Gasteiger partial charge in [-0.15, -0.1) is 0 Å². The van der Waals surface area contributed by atoms with Gasteiger partial charge in [0, 0.05) is 4.52 Å². The molecule has 1 aliphatic heterocycles. The second kappa shape index (κ2) is 17.3. The van der Waals surface area contributed by atoms with Gasteiger partial charge in [0.25, 0.3) is 0 Å². The average Bonchev–Trinajstić information content (AvgIpc) is 3.06. The Hall–Kier alpha value is -2.68. The van der Waals surface area contributed by atoms with Crippen LogP contribution in [0.15, 0.2) is 126 Å². The molecule has 0 bridgehead atoms. The molecule has 0 saturated heterocycles. The summed E-state index contributed by atoms with van der Waals surface area (Å²) < 4.78 is 58.6. The highest BCUT2D eigenvalue weighted by Gasteiger charge is 2.76. The van der Waals surface area contributed by atoms with E-state index in [1.807, 2.05) is 149 Å². The molecule has 48 heavy (non-hydrogen) atoms. The van der Waals surface area contributed by atoms with E-state index in [1.165, 1.54) is 0 Å². The van der Waals surface area contributed by atoms with E-state index in [0.29, 0.717) is 23.0 Å². The Kier molecular flexibility index (Phi) is 13.2. The Morgan fingerprint density at radius 3 is 1.42 bits per heavy atom. The van der Waals surface area contributed by atoms with Gasteiger partial charge in [0.15, 0.2) is 17.2 Å². The van der Waals surface area contributed by atoms with E-state index in [0.717, 1.165) is 0 Å². The zero-order valence-electron chi connectivity index (χ0n) is 27.4. The Bertz CT molecular complexity index is 1600. The molecule has 4 aromatic rings. The lowest BCUT2D eigenvalue weighted by Crippen LogP contribution is -2.42. The van der Waals surface area contributed by atoms with Crippen molar-refractivity contribution in [2.75, 3.05) is 26.4 Å². The van der Waals surface area contributed by atoms with Crippen LogP contribution < -0.4 is 32.7 Å². The van der Waals surface area contributed by atoms with E-state index < -0.39 is 31.7 Å². The summed E-state index contributed by atoms with van der Waals surface area (Å²) in [6.07, 6.45) is 0. The molecule has 0 spiro atoms. The van der Waals surface area contributed by atoms with Crippen LogP contribution in [0.1, 0.15) is 27.7 Å². The first-order valence-corrected chi connectivity index (χ1v) is 22.0. The SMILES string of the molecule is CCOP1(Oc2ccccc2)=N[P+](OCC)(Oc2ccccc2)N[P+](OCC)(Oc2ccccc2)N[P+](OCC)(Oc2ccccc2)N1. The molecule has 3 N–H and O–H groups in total. The highest BCUT2D eigenvalue weighted by molar-refractivity contribution is 7.90. The summed E-state index contributed by atoms with van der Waals surface area (Å²) >= 11 is 0. The highest BCUT2D eigenvalue weighted by Crippen LogP contribution is 2.81. The predicted octanol–water partition coefficient (Wildman–Crippen LogP) is 10.2. The van der Waals surface area contributed by atoms with Crippen molar-refractivity contribution >= 4 is 31.7 Å². The van der Waals surface area contributed by atoms with E-state index in [1.54, 1.807) is 0 Å². The first kappa shape index (κ1) is 36.6. The van der Waals surface area contributed by atoms with Crippen LogP contribution in [0.5, 0.6) is 23.0 Å². The maximum Gasteiger partial charge on any atom is 0.571 e. The molecule has 0 saturated carbocycles. The lowest BCUT2D eigenvalue weighted by atomic mass is 10.3. The van der Waals surface area contributed by atoms with Gasteiger partial charge in [-0.25, -0.2) is 0 Å². The summed E-state index contributed by atoms with van der Waals surface area (Å²) in [5.41, 5.74) is 0. The number of para-hydroxylation sites is 4. The predicted molar refractivity (Wildman–Crippen MR) is 194 cm³/mol. The maximum atomic E-state index is 6.78. The molecule has 0 aromatic heterocycles. The molecule has 5 rings (SSSR count). The molecule has 1 heterocycles. The Morgan fingerprint density at radius 2 is 0.938 bits per heavy atom. The summed E-state index contributed by atoms with van der Waals surface area (Å²) in [6, 6.07) is 37.2. The number of hydrogen-bond donors (Lipinski definition) is 3. The van der Waals surface area contributed by atoms with Crippen molar-refractivity contribution in [2.45, 2.75) is 27.7 Å². The van der Waals surface area contributed by atoms with Crippen molar-refractivity contribution in [3.8, 4) is 23.0 Å². The molecule has 1 aliphatic rings. The number of benzene rings is 4. The molecular formula is C32H43N4O8P4+3. The lowest BCUT2D eigenvalue weighted by molar-refractivity contribution is 0.269. The van der Waals surface area contributed by atoms with Crippen LogP contribution >= 0.6 is 31.7 Å². The second-order valence-corrected chi connectivity index (χ2v) is 19.0. The van der Waals surface area contributed by atoms with Gasteiger partial charge in [-0.1, -0.05) is 72.8 Å². The number of nitrogens with one attached hydrogen (secondary N) is 3.